The van der Waals surface area contributed by atoms with E-state index in [9.17, 15) is 4.79 Å². The van der Waals surface area contributed by atoms with Crippen molar-refractivity contribution >= 4 is 5.91 Å². The smallest absolute Gasteiger partial charge is 0.260 e. The van der Waals surface area contributed by atoms with Gasteiger partial charge in [-0.3, -0.25) is 4.79 Å². The van der Waals surface area contributed by atoms with Gasteiger partial charge in [0.25, 0.3) is 5.91 Å². The summed E-state index contributed by atoms with van der Waals surface area (Å²) in [7, 11) is 0. The molecule has 2 aromatic rings. The average molecular weight is 343 g/mol. The molecule has 1 aliphatic rings. The van der Waals surface area contributed by atoms with Gasteiger partial charge in [0, 0.05) is 19.0 Å². The third-order valence-electron chi connectivity index (χ3n) is 4.79. The van der Waals surface area contributed by atoms with E-state index in [-0.39, 0.29) is 24.5 Å². The Labute approximate surface area is 148 Å². The number of likely N-dealkylation sites (tertiary alicyclic amines) is 1. The third-order valence-corrected chi connectivity index (χ3v) is 4.79. The predicted octanol–water partition coefficient (Wildman–Crippen LogP) is 3.11. The minimum Gasteiger partial charge on any atom is -0.484 e. The third kappa shape index (κ3) is 4.00. The first-order chi connectivity index (χ1) is 12.1. The summed E-state index contributed by atoms with van der Waals surface area (Å²) in [5.74, 6) is 2.08. The van der Waals surface area contributed by atoms with E-state index in [0.717, 1.165) is 31.4 Å². The Morgan fingerprint density at radius 1 is 1.32 bits per heavy atom. The quantitative estimate of drug-likeness (QED) is 0.834. The van der Waals surface area contributed by atoms with Crippen molar-refractivity contribution in [2.75, 3.05) is 13.2 Å². The first kappa shape index (κ1) is 17.5. The van der Waals surface area contributed by atoms with Crippen LogP contribution in [-0.2, 0) is 11.2 Å². The molecule has 3 rings (SSSR count). The number of amides is 1. The van der Waals surface area contributed by atoms with E-state index in [0.29, 0.717) is 17.5 Å². The molecule has 1 fully saturated rings. The second-order valence-corrected chi connectivity index (χ2v) is 6.57. The highest BCUT2D eigenvalue weighted by Crippen LogP contribution is 2.32. The Kier molecular flexibility index (Phi) is 5.36. The zero-order chi connectivity index (χ0) is 17.8. The van der Waals surface area contributed by atoms with E-state index in [2.05, 4.69) is 10.2 Å². The van der Waals surface area contributed by atoms with E-state index in [1.807, 2.05) is 49.9 Å². The molecule has 1 amide bonds. The van der Waals surface area contributed by atoms with Gasteiger partial charge in [0.05, 0.1) is 5.92 Å². The van der Waals surface area contributed by atoms with Crippen molar-refractivity contribution in [1.29, 1.82) is 0 Å². The Morgan fingerprint density at radius 2 is 2.08 bits per heavy atom. The van der Waals surface area contributed by atoms with Crippen LogP contribution in [0.15, 0.2) is 28.7 Å². The Bertz CT molecular complexity index is 711. The van der Waals surface area contributed by atoms with Crippen molar-refractivity contribution in [3.05, 3.63) is 41.6 Å². The molecule has 25 heavy (non-hydrogen) atoms. The maximum absolute atomic E-state index is 12.6. The molecular formula is C19H25N3O3. The number of piperidine rings is 1. The van der Waals surface area contributed by atoms with Gasteiger partial charge in [-0.25, -0.2) is 0 Å². The maximum Gasteiger partial charge on any atom is 0.260 e. The Morgan fingerprint density at radius 3 is 2.76 bits per heavy atom. The number of carbonyl (C=O) groups excluding carboxylic acids is 1. The molecule has 1 aromatic carbocycles. The van der Waals surface area contributed by atoms with Gasteiger partial charge in [-0.1, -0.05) is 24.6 Å². The summed E-state index contributed by atoms with van der Waals surface area (Å²) in [5.41, 5.74) is 1.16. The molecule has 0 saturated carbocycles. The number of aromatic nitrogens is 2. The van der Waals surface area contributed by atoms with Crippen molar-refractivity contribution < 1.29 is 13.9 Å². The molecule has 6 heteroatoms. The summed E-state index contributed by atoms with van der Waals surface area (Å²) in [4.78, 5) is 14.5. The molecule has 2 heterocycles. The number of hydrogen-bond donors (Lipinski definition) is 0. The minimum absolute atomic E-state index is 0.00648. The van der Waals surface area contributed by atoms with Gasteiger partial charge in [-0.2, -0.15) is 0 Å². The van der Waals surface area contributed by atoms with Crippen molar-refractivity contribution in [2.45, 2.75) is 52.0 Å². The lowest BCUT2D eigenvalue weighted by Gasteiger charge is -2.37. The molecule has 0 spiro atoms. The fourth-order valence-electron chi connectivity index (χ4n) is 3.25. The number of aryl methyl sites for hydroxylation is 2. The van der Waals surface area contributed by atoms with Crippen LogP contribution in [0, 0.1) is 6.92 Å². The lowest BCUT2D eigenvalue weighted by molar-refractivity contribution is -0.137. The molecule has 1 aromatic heterocycles. The number of benzene rings is 1. The molecule has 0 unspecified atom stereocenters. The van der Waals surface area contributed by atoms with E-state index in [1.165, 1.54) is 0 Å². The summed E-state index contributed by atoms with van der Waals surface area (Å²) in [5, 5.41) is 8.22. The van der Waals surface area contributed by atoms with Crippen LogP contribution in [0.1, 0.15) is 50.0 Å². The van der Waals surface area contributed by atoms with Crippen LogP contribution >= 0.6 is 0 Å². The van der Waals surface area contributed by atoms with Crippen LogP contribution < -0.4 is 4.74 Å². The van der Waals surface area contributed by atoms with Crippen molar-refractivity contribution in [3.8, 4) is 5.75 Å². The van der Waals surface area contributed by atoms with E-state index in [4.69, 9.17) is 9.15 Å². The molecule has 0 radical (unpaired) electrons. The lowest BCUT2D eigenvalue weighted by atomic mass is 9.90. The highest BCUT2D eigenvalue weighted by atomic mass is 16.5. The second-order valence-electron chi connectivity index (χ2n) is 6.57. The van der Waals surface area contributed by atoms with Crippen LogP contribution in [0.3, 0.4) is 0 Å². The molecule has 1 saturated heterocycles. The number of hydrogen-bond acceptors (Lipinski definition) is 5. The van der Waals surface area contributed by atoms with Gasteiger partial charge in [-0.15, -0.1) is 10.2 Å². The summed E-state index contributed by atoms with van der Waals surface area (Å²) in [6, 6.07) is 7.74. The molecule has 0 bridgehead atoms. The first-order valence-corrected chi connectivity index (χ1v) is 8.89. The van der Waals surface area contributed by atoms with Gasteiger partial charge < -0.3 is 14.1 Å². The Hall–Kier alpha value is -2.37. The summed E-state index contributed by atoms with van der Waals surface area (Å²) >= 11 is 0. The fraction of sp³-hybridized carbons (Fsp3) is 0.526. The average Bonchev–Trinajstić information content (AvgIpc) is 3.10. The van der Waals surface area contributed by atoms with Gasteiger partial charge in [-0.05, 0) is 38.8 Å². The van der Waals surface area contributed by atoms with E-state index >= 15 is 0 Å². The van der Waals surface area contributed by atoms with Crippen LogP contribution in [0.2, 0.25) is 0 Å². The molecule has 1 aliphatic heterocycles. The molecule has 2 atom stereocenters. The lowest BCUT2D eigenvalue weighted by Crippen LogP contribution is -2.47. The summed E-state index contributed by atoms with van der Waals surface area (Å²) in [6.45, 7) is 6.84. The fourth-order valence-corrected chi connectivity index (χ4v) is 3.25. The van der Waals surface area contributed by atoms with Crippen molar-refractivity contribution in [3.63, 3.8) is 0 Å². The first-order valence-electron chi connectivity index (χ1n) is 8.89. The summed E-state index contributed by atoms with van der Waals surface area (Å²) in [6.07, 6.45) is 2.60. The minimum atomic E-state index is -0.00648. The van der Waals surface area contributed by atoms with Crippen molar-refractivity contribution in [1.82, 2.24) is 15.1 Å². The zero-order valence-corrected chi connectivity index (χ0v) is 15.1. The van der Waals surface area contributed by atoms with E-state index in [1.54, 1.807) is 0 Å². The largest absolute Gasteiger partial charge is 0.484 e. The number of nitrogens with zero attached hydrogens (tertiary/aromatic N) is 3. The maximum atomic E-state index is 12.6. The predicted molar refractivity (Wildman–Crippen MR) is 93.5 cm³/mol. The number of ether oxygens (including phenoxy) is 1. The van der Waals surface area contributed by atoms with Gasteiger partial charge >= 0.3 is 0 Å². The van der Waals surface area contributed by atoms with Crippen LogP contribution in [0.25, 0.3) is 0 Å². The highest BCUT2D eigenvalue weighted by molar-refractivity contribution is 5.78. The molecule has 0 aliphatic carbocycles. The van der Waals surface area contributed by atoms with Crippen LogP contribution in [0.5, 0.6) is 5.75 Å². The molecule has 134 valence electrons. The highest BCUT2D eigenvalue weighted by Gasteiger charge is 2.35. The van der Waals surface area contributed by atoms with Gasteiger partial charge in [0.2, 0.25) is 11.8 Å². The topological polar surface area (TPSA) is 68.5 Å². The zero-order valence-electron chi connectivity index (χ0n) is 15.1. The summed E-state index contributed by atoms with van der Waals surface area (Å²) < 4.78 is 11.4. The van der Waals surface area contributed by atoms with Crippen LogP contribution in [-0.4, -0.2) is 40.2 Å². The Balaban J connectivity index is 1.62. The normalized spacial score (nSPS) is 20.5. The number of rotatable bonds is 5. The van der Waals surface area contributed by atoms with Gasteiger partial charge in [0.1, 0.15) is 5.75 Å². The van der Waals surface area contributed by atoms with Crippen LogP contribution in [0.4, 0.5) is 0 Å². The SMILES string of the molecule is CCc1nnc([C@H]2CCCN(C(=O)COc3ccc(C)cc3)[C@H]2C)o1. The monoisotopic (exact) mass is 343 g/mol. The van der Waals surface area contributed by atoms with Gasteiger partial charge in [0.15, 0.2) is 6.61 Å². The number of carbonyl (C=O) groups is 1. The van der Waals surface area contributed by atoms with E-state index < -0.39 is 0 Å². The molecular weight excluding hydrogens is 318 g/mol. The second kappa shape index (κ2) is 7.68. The standard InChI is InChI=1S/C19H25N3O3/c1-4-17-20-21-19(25-17)16-6-5-11-22(14(16)3)18(23)12-24-15-9-7-13(2)8-10-15/h7-10,14,16H,4-6,11-12H2,1-3H3/t14-,16-/m0/s1. The van der Waals surface area contributed by atoms with Crippen molar-refractivity contribution in [2.24, 2.45) is 0 Å². The molecule has 0 N–H and O–H groups in total. The molecule has 6 nitrogen and oxygen atoms in total.